The summed E-state index contributed by atoms with van der Waals surface area (Å²) in [5, 5.41) is 0.402. The van der Waals surface area contributed by atoms with E-state index in [0.29, 0.717) is 31.0 Å². The summed E-state index contributed by atoms with van der Waals surface area (Å²) in [5.41, 5.74) is 0. The third-order valence-corrected chi connectivity index (χ3v) is 5.59. The smallest absolute Gasteiger partial charge is 0.243 e. The lowest BCUT2D eigenvalue weighted by atomic mass is 9.95. The van der Waals surface area contributed by atoms with E-state index in [0.717, 1.165) is 0 Å². The zero-order valence-corrected chi connectivity index (χ0v) is 12.2. The van der Waals surface area contributed by atoms with Crippen LogP contribution in [0.5, 0.6) is 0 Å². The number of rotatable bonds is 3. The van der Waals surface area contributed by atoms with Gasteiger partial charge in [-0.3, -0.25) is 4.79 Å². The summed E-state index contributed by atoms with van der Waals surface area (Å²) in [4.78, 5) is 11.5. The molecule has 1 aromatic carbocycles. The van der Waals surface area contributed by atoms with Gasteiger partial charge < -0.3 is 0 Å². The van der Waals surface area contributed by atoms with E-state index in [9.17, 15) is 13.2 Å². The van der Waals surface area contributed by atoms with Crippen molar-refractivity contribution in [2.45, 2.75) is 24.7 Å². The van der Waals surface area contributed by atoms with E-state index < -0.39 is 10.0 Å². The van der Waals surface area contributed by atoms with Crippen molar-refractivity contribution < 1.29 is 13.2 Å². The van der Waals surface area contributed by atoms with Crippen LogP contribution >= 0.6 is 11.6 Å². The molecule has 0 aliphatic carbocycles. The number of sulfonamides is 1. The number of carbonyl (C=O) groups is 1. The molecule has 0 spiro atoms. The molecule has 0 radical (unpaired) electrons. The largest absolute Gasteiger partial charge is 0.300 e. The number of Topliss-reactive ketones (excluding diaryl/α,β-unsaturated/α-hetero) is 1. The summed E-state index contributed by atoms with van der Waals surface area (Å²) in [6.45, 7) is 2.34. The second kappa shape index (κ2) is 5.61. The Morgan fingerprint density at radius 1 is 1.32 bits per heavy atom. The number of benzene rings is 1. The molecule has 1 aliphatic heterocycles. The predicted octanol–water partition coefficient (Wildman–Crippen LogP) is 2.33. The molecule has 1 fully saturated rings. The van der Waals surface area contributed by atoms with Gasteiger partial charge in [-0.1, -0.05) is 17.7 Å². The minimum Gasteiger partial charge on any atom is -0.300 e. The minimum absolute atomic E-state index is 0.00851. The van der Waals surface area contributed by atoms with Crippen LogP contribution in [0.15, 0.2) is 29.2 Å². The van der Waals surface area contributed by atoms with Crippen LogP contribution in [0, 0.1) is 5.92 Å². The van der Waals surface area contributed by atoms with Gasteiger partial charge in [0.05, 0.1) is 4.90 Å². The Kier molecular flexibility index (Phi) is 4.28. The molecule has 4 nitrogen and oxygen atoms in total. The molecule has 0 atom stereocenters. The Labute approximate surface area is 118 Å². The van der Waals surface area contributed by atoms with Crippen molar-refractivity contribution in [2.24, 2.45) is 5.92 Å². The zero-order valence-electron chi connectivity index (χ0n) is 10.7. The summed E-state index contributed by atoms with van der Waals surface area (Å²) in [7, 11) is -3.50. The average molecular weight is 302 g/mol. The van der Waals surface area contributed by atoms with Crippen LogP contribution in [0.1, 0.15) is 19.8 Å². The SMILES string of the molecule is CC(=O)C1CCN(S(=O)(=O)c2cccc(Cl)c2)CC1. The molecule has 19 heavy (non-hydrogen) atoms. The van der Waals surface area contributed by atoms with Crippen LogP contribution in [-0.2, 0) is 14.8 Å². The molecule has 0 saturated carbocycles. The Morgan fingerprint density at radius 3 is 2.47 bits per heavy atom. The van der Waals surface area contributed by atoms with Crippen molar-refractivity contribution in [1.29, 1.82) is 0 Å². The lowest BCUT2D eigenvalue weighted by Gasteiger charge is -2.30. The van der Waals surface area contributed by atoms with Crippen LogP contribution in [0.2, 0.25) is 5.02 Å². The number of hydrogen-bond acceptors (Lipinski definition) is 3. The molecule has 1 heterocycles. The summed E-state index contributed by atoms with van der Waals surface area (Å²) < 4.78 is 26.2. The van der Waals surface area contributed by atoms with E-state index in [2.05, 4.69) is 0 Å². The van der Waals surface area contributed by atoms with E-state index in [1.54, 1.807) is 19.1 Å². The fraction of sp³-hybridized carbons (Fsp3) is 0.462. The van der Waals surface area contributed by atoms with Gasteiger partial charge in [-0.15, -0.1) is 0 Å². The molecule has 6 heteroatoms. The van der Waals surface area contributed by atoms with Gasteiger partial charge >= 0.3 is 0 Å². The molecule has 0 bridgehead atoms. The topological polar surface area (TPSA) is 54.5 Å². The van der Waals surface area contributed by atoms with Crippen LogP contribution in [0.3, 0.4) is 0 Å². The van der Waals surface area contributed by atoms with Gasteiger partial charge in [0.25, 0.3) is 0 Å². The quantitative estimate of drug-likeness (QED) is 0.861. The Morgan fingerprint density at radius 2 is 1.95 bits per heavy atom. The maximum Gasteiger partial charge on any atom is 0.243 e. The van der Waals surface area contributed by atoms with Gasteiger partial charge in [-0.05, 0) is 38.0 Å². The Bertz CT molecular complexity index is 577. The second-order valence-corrected chi connectivity index (χ2v) is 7.12. The monoisotopic (exact) mass is 301 g/mol. The highest BCUT2D eigenvalue weighted by molar-refractivity contribution is 7.89. The van der Waals surface area contributed by atoms with Crippen molar-refractivity contribution in [1.82, 2.24) is 4.31 Å². The average Bonchev–Trinajstić information content (AvgIpc) is 2.39. The summed E-state index contributed by atoms with van der Waals surface area (Å²) >= 11 is 5.83. The summed E-state index contributed by atoms with van der Waals surface area (Å²) in [6, 6.07) is 6.26. The first-order valence-electron chi connectivity index (χ1n) is 6.17. The van der Waals surface area contributed by atoms with Gasteiger partial charge in [-0.25, -0.2) is 8.42 Å². The maximum absolute atomic E-state index is 12.4. The fourth-order valence-electron chi connectivity index (χ4n) is 2.28. The van der Waals surface area contributed by atoms with Crippen LogP contribution < -0.4 is 0 Å². The number of ketones is 1. The maximum atomic E-state index is 12.4. The number of hydrogen-bond donors (Lipinski definition) is 0. The van der Waals surface area contributed by atoms with E-state index in [1.807, 2.05) is 0 Å². The van der Waals surface area contributed by atoms with Crippen LogP contribution in [-0.4, -0.2) is 31.6 Å². The molecule has 0 amide bonds. The minimum atomic E-state index is -3.50. The van der Waals surface area contributed by atoms with Crippen LogP contribution in [0.25, 0.3) is 0 Å². The van der Waals surface area contributed by atoms with Crippen molar-refractivity contribution in [3.63, 3.8) is 0 Å². The third kappa shape index (κ3) is 3.16. The van der Waals surface area contributed by atoms with E-state index in [4.69, 9.17) is 11.6 Å². The number of halogens is 1. The molecular formula is C13H16ClNO3S. The normalized spacial score (nSPS) is 18.4. The first kappa shape index (κ1) is 14.5. The molecule has 1 aliphatic rings. The molecule has 2 rings (SSSR count). The first-order chi connectivity index (χ1) is 8.91. The summed E-state index contributed by atoms with van der Waals surface area (Å²) in [6.07, 6.45) is 1.18. The van der Waals surface area contributed by atoms with Crippen molar-refractivity contribution in [3.8, 4) is 0 Å². The number of nitrogens with zero attached hydrogens (tertiary/aromatic N) is 1. The molecule has 0 N–H and O–H groups in total. The highest BCUT2D eigenvalue weighted by Gasteiger charge is 2.30. The van der Waals surface area contributed by atoms with E-state index in [1.165, 1.54) is 16.4 Å². The van der Waals surface area contributed by atoms with Gasteiger partial charge in [0, 0.05) is 24.0 Å². The lowest BCUT2D eigenvalue weighted by Crippen LogP contribution is -2.39. The van der Waals surface area contributed by atoms with Gasteiger partial charge in [0.15, 0.2) is 0 Å². The molecule has 0 unspecified atom stereocenters. The summed E-state index contributed by atoms with van der Waals surface area (Å²) in [5.74, 6) is 0.130. The van der Waals surface area contributed by atoms with Crippen molar-refractivity contribution >= 4 is 27.4 Å². The highest BCUT2D eigenvalue weighted by Crippen LogP contribution is 2.25. The molecule has 1 aromatic rings. The number of piperidine rings is 1. The third-order valence-electron chi connectivity index (χ3n) is 3.46. The van der Waals surface area contributed by atoms with Gasteiger partial charge in [0.2, 0.25) is 10.0 Å². The van der Waals surface area contributed by atoms with Gasteiger partial charge in [0.1, 0.15) is 5.78 Å². The molecule has 104 valence electrons. The standard InChI is InChI=1S/C13H16ClNO3S/c1-10(16)11-5-7-15(8-6-11)19(17,18)13-4-2-3-12(14)9-13/h2-4,9,11H,5-8H2,1H3. The molecular weight excluding hydrogens is 286 g/mol. The fourth-order valence-corrected chi connectivity index (χ4v) is 4.05. The van der Waals surface area contributed by atoms with Gasteiger partial charge in [-0.2, -0.15) is 4.31 Å². The lowest BCUT2D eigenvalue weighted by molar-refractivity contribution is -0.121. The first-order valence-corrected chi connectivity index (χ1v) is 7.99. The Balaban J connectivity index is 2.16. The van der Waals surface area contributed by atoms with E-state index >= 15 is 0 Å². The highest BCUT2D eigenvalue weighted by atomic mass is 35.5. The van der Waals surface area contributed by atoms with Crippen molar-refractivity contribution in [3.05, 3.63) is 29.3 Å². The van der Waals surface area contributed by atoms with E-state index in [-0.39, 0.29) is 16.6 Å². The number of carbonyl (C=O) groups excluding carboxylic acids is 1. The molecule has 0 aromatic heterocycles. The Hall–Kier alpha value is -0.910. The predicted molar refractivity (Wildman–Crippen MR) is 73.6 cm³/mol. The van der Waals surface area contributed by atoms with Crippen LogP contribution in [0.4, 0.5) is 0 Å². The molecule has 1 saturated heterocycles. The second-order valence-electron chi connectivity index (χ2n) is 4.75. The van der Waals surface area contributed by atoms with Crippen molar-refractivity contribution in [2.75, 3.05) is 13.1 Å². The zero-order chi connectivity index (χ0) is 14.0.